The molecule has 11 heteroatoms. The van der Waals surface area contributed by atoms with Crippen molar-refractivity contribution >= 4 is 45.3 Å². The number of halogens is 1. The predicted molar refractivity (Wildman–Crippen MR) is 166 cm³/mol. The molecule has 42 heavy (non-hydrogen) atoms. The molecule has 0 saturated heterocycles. The van der Waals surface area contributed by atoms with Crippen molar-refractivity contribution in [2.75, 3.05) is 18.4 Å². The Hall–Kier alpha value is -4.25. The molecule has 9 nitrogen and oxygen atoms in total. The summed E-state index contributed by atoms with van der Waals surface area (Å²) < 4.78 is 30.3. The lowest BCUT2D eigenvalue weighted by Crippen LogP contribution is -2.40. The van der Waals surface area contributed by atoms with E-state index in [2.05, 4.69) is 15.8 Å². The van der Waals surface area contributed by atoms with Crippen molar-refractivity contribution in [1.29, 1.82) is 0 Å². The molecule has 4 rings (SSSR count). The molecule has 218 valence electrons. The maximum atomic E-state index is 13.6. The van der Waals surface area contributed by atoms with E-state index in [4.69, 9.17) is 11.6 Å². The Morgan fingerprint density at radius 1 is 0.976 bits per heavy atom. The number of aryl methyl sites for hydroxylation is 1. The molecular weight excluding hydrogens is 574 g/mol. The third kappa shape index (κ3) is 7.73. The van der Waals surface area contributed by atoms with Gasteiger partial charge in [-0.1, -0.05) is 48.0 Å². The van der Waals surface area contributed by atoms with Gasteiger partial charge in [-0.25, -0.2) is 13.8 Å². The average molecular weight is 606 g/mol. The molecule has 0 aliphatic carbocycles. The van der Waals surface area contributed by atoms with Gasteiger partial charge < -0.3 is 9.88 Å². The normalized spacial score (nSPS) is 11.6. The topological polar surface area (TPSA) is 113 Å². The highest BCUT2D eigenvalue weighted by Crippen LogP contribution is 2.22. The Kier molecular flexibility index (Phi) is 9.95. The van der Waals surface area contributed by atoms with Crippen molar-refractivity contribution in [3.05, 3.63) is 112 Å². The van der Waals surface area contributed by atoms with Crippen LogP contribution in [0.5, 0.6) is 0 Å². The Labute approximate surface area is 250 Å². The maximum Gasteiger partial charge on any atom is 0.255 e. The molecule has 1 aromatic heterocycles. The van der Waals surface area contributed by atoms with Crippen molar-refractivity contribution < 1.29 is 18.0 Å². The van der Waals surface area contributed by atoms with Crippen LogP contribution in [0.2, 0.25) is 5.02 Å². The molecular formula is C31H32ClN5O4S. The van der Waals surface area contributed by atoms with Gasteiger partial charge in [-0.05, 0) is 74.4 Å². The van der Waals surface area contributed by atoms with E-state index in [0.717, 1.165) is 32.5 Å². The van der Waals surface area contributed by atoms with Gasteiger partial charge in [-0.3, -0.25) is 9.59 Å². The molecule has 0 aliphatic rings. The van der Waals surface area contributed by atoms with E-state index in [1.54, 1.807) is 6.07 Å². The number of amides is 2. The summed E-state index contributed by atoms with van der Waals surface area (Å²) in [6.07, 6.45) is 1.95. The number of nitrogens with one attached hydrogen (secondary N) is 2. The zero-order valence-electron chi connectivity index (χ0n) is 23.5. The highest BCUT2D eigenvalue weighted by atomic mass is 35.5. The molecule has 0 fully saturated rings. The van der Waals surface area contributed by atoms with Crippen LogP contribution in [0.4, 0.5) is 5.69 Å². The highest BCUT2D eigenvalue weighted by Gasteiger charge is 2.26. The first-order chi connectivity index (χ1) is 20.0. The summed E-state index contributed by atoms with van der Waals surface area (Å²) in [4.78, 5) is 24.3. The molecule has 0 aliphatic heterocycles. The fourth-order valence-corrected chi connectivity index (χ4v) is 6.13. The van der Waals surface area contributed by atoms with Crippen LogP contribution in [-0.4, -0.2) is 48.4 Å². The average Bonchev–Trinajstić information content (AvgIpc) is 3.23. The summed E-state index contributed by atoms with van der Waals surface area (Å²) in [5.41, 5.74) is 7.44. The van der Waals surface area contributed by atoms with Crippen LogP contribution in [-0.2, 0) is 26.0 Å². The summed E-state index contributed by atoms with van der Waals surface area (Å²) in [5.74, 6) is -0.847. The van der Waals surface area contributed by atoms with Gasteiger partial charge >= 0.3 is 0 Å². The molecule has 0 radical (unpaired) electrons. The molecule has 0 saturated carbocycles. The van der Waals surface area contributed by atoms with Gasteiger partial charge in [-0.15, -0.1) is 0 Å². The van der Waals surface area contributed by atoms with Crippen LogP contribution in [0, 0.1) is 13.8 Å². The third-order valence-corrected chi connectivity index (χ3v) is 8.65. The number of hydrazone groups is 1. The zero-order chi connectivity index (χ0) is 30.3. The van der Waals surface area contributed by atoms with Gasteiger partial charge in [0.15, 0.2) is 0 Å². The summed E-state index contributed by atoms with van der Waals surface area (Å²) in [7, 11) is -4.04. The van der Waals surface area contributed by atoms with Gasteiger partial charge in [0, 0.05) is 46.8 Å². The minimum absolute atomic E-state index is 0.00872. The van der Waals surface area contributed by atoms with Crippen LogP contribution in [0.25, 0.3) is 5.69 Å². The number of hydrogen-bond donors (Lipinski definition) is 2. The van der Waals surface area contributed by atoms with Gasteiger partial charge in [0.2, 0.25) is 15.9 Å². The standard InChI is InChI=1S/C31H32ClN5O4S/c1-22-18-26(23(2)37(22)29-11-7-10-27(32)19-29)20-33-35-31(39)21-36(17-16-25-8-5-4-6-9-25)42(40,41)30-14-12-28(13-15-30)34-24(3)38/h4-15,18-20H,16-17,21H2,1-3H3,(H,34,38)(H,35,39)/b33-20+. The van der Waals surface area contributed by atoms with Crippen molar-refractivity contribution in [2.24, 2.45) is 5.10 Å². The number of sulfonamides is 1. The second-order valence-electron chi connectivity index (χ2n) is 9.71. The molecule has 0 bridgehead atoms. The molecule has 0 spiro atoms. The van der Waals surface area contributed by atoms with Gasteiger partial charge in [0.25, 0.3) is 5.91 Å². The molecule has 0 atom stereocenters. The van der Waals surface area contributed by atoms with Gasteiger partial charge in [-0.2, -0.15) is 9.41 Å². The second kappa shape index (κ2) is 13.6. The molecule has 1 heterocycles. The largest absolute Gasteiger partial charge is 0.326 e. The van der Waals surface area contributed by atoms with Crippen molar-refractivity contribution in [3.8, 4) is 5.69 Å². The number of rotatable bonds is 11. The lowest BCUT2D eigenvalue weighted by atomic mass is 10.1. The summed E-state index contributed by atoms with van der Waals surface area (Å²) >= 11 is 6.17. The lowest BCUT2D eigenvalue weighted by molar-refractivity contribution is -0.121. The molecule has 2 amide bonds. The molecule has 4 aromatic rings. The minimum Gasteiger partial charge on any atom is -0.326 e. The Morgan fingerprint density at radius 2 is 1.69 bits per heavy atom. The van der Waals surface area contributed by atoms with Gasteiger partial charge in [0.1, 0.15) is 0 Å². The van der Waals surface area contributed by atoms with Crippen molar-refractivity contribution in [2.45, 2.75) is 32.1 Å². The smallest absolute Gasteiger partial charge is 0.255 e. The lowest BCUT2D eigenvalue weighted by Gasteiger charge is -2.21. The highest BCUT2D eigenvalue weighted by molar-refractivity contribution is 7.89. The number of benzene rings is 3. The fourth-order valence-electron chi connectivity index (χ4n) is 4.55. The van der Waals surface area contributed by atoms with E-state index in [0.29, 0.717) is 17.1 Å². The first-order valence-electron chi connectivity index (χ1n) is 13.2. The fraction of sp³-hybridized carbons (Fsp3) is 0.194. The van der Waals surface area contributed by atoms with E-state index in [9.17, 15) is 18.0 Å². The predicted octanol–water partition coefficient (Wildman–Crippen LogP) is 5.09. The van der Waals surface area contributed by atoms with Crippen LogP contribution < -0.4 is 10.7 Å². The van der Waals surface area contributed by atoms with E-state index in [-0.39, 0.29) is 17.3 Å². The number of aromatic nitrogens is 1. The third-order valence-electron chi connectivity index (χ3n) is 6.55. The quantitative estimate of drug-likeness (QED) is 0.183. The SMILES string of the molecule is CC(=O)Nc1ccc(S(=O)(=O)N(CCc2ccccc2)CC(=O)N/N=C/c2cc(C)n(-c3cccc(Cl)c3)c2C)cc1. The van der Waals surface area contributed by atoms with Crippen molar-refractivity contribution in [1.82, 2.24) is 14.3 Å². The Balaban J connectivity index is 1.50. The molecule has 0 unspecified atom stereocenters. The summed E-state index contributed by atoms with van der Waals surface area (Å²) in [5, 5.41) is 7.34. The van der Waals surface area contributed by atoms with Crippen LogP contribution in [0.15, 0.2) is 94.9 Å². The first kappa shape index (κ1) is 30.7. The van der Waals surface area contributed by atoms with E-state index >= 15 is 0 Å². The van der Waals surface area contributed by atoms with E-state index in [1.165, 1.54) is 37.4 Å². The number of hydrogen-bond acceptors (Lipinski definition) is 5. The van der Waals surface area contributed by atoms with Crippen LogP contribution in [0.3, 0.4) is 0 Å². The Morgan fingerprint density at radius 3 is 2.36 bits per heavy atom. The van der Waals surface area contributed by atoms with Gasteiger partial charge in [0.05, 0.1) is 17.7 Å². The number of anilines is 1. The van der Waals surface area contributed by atoms with E-state index < -0.39 is 22.5 Å². The molecule has 3 aromatic carbocycles. The zero-order valence-corrected chi connectivity index (χ0v) is 25.1. The van der Waals surface area contributed by atoms with E-state index in [1.807, 2.05) is 73.0 Å². The van der Waals surface area contributed by atoms with Crippen molar-refractivity contribution in [3.63, 3.8) is 0 Å². The minimum atomic E-state index is -4.04. The second-order valence-corrected chi connectivity index (χ2v) is 12.1. The monoisotopic (exact) mass is 605 g/mol. The molecule has 2 N–H and O–H groups in total. The van der Waals surface area contributed by atoms with Crippen LogP contribution in [0.1, 0.15) is 29.4 Å². The number of carbonyl (C=O) groups excluding carboxylic acids is 2. The summed E-state index contributed by atoms with van der Waals surface area (Å²) in [6, 6.07) is 24.7. The maximum absolute atomic E-state index is 13.6. The number of carbonyl (C=O) groups is 2. The summed E-state index contributed by atoms with van der Waals surface area (Å²) in [6.45, 7) is 4.92. The first-order valence-corrected chi connectivity index (χ1v) is 15.0. The number of nitrogens with zero attached hydrogens (tertiary/aromatic N) is 3. The van der Waals surface area contributed by atoms with Crippen LogP contribution >= 0.6 is 11.6 Å². The Bertz CT molecular complexity index is 1700.